The van der Waals surface area contributed by atoms with Crippen molar-refractivity contribution in [3.8, 4) is 5.75 Å². The Labute approximate surface area is 204 Å². The highest BCUT2D eigenvalue weighted by molar-refractivity contribution is 7.92. The van der Waals surface area contributed by atoms with Crippen LogP contribution in [0.1, 0.15) is 18.1 Å². The standard InChI is InChI=1S/C25H28N4O5S/c1-3-34-22-13-11-20(12-14-22)29-35(32,33)23-15-21(10-9-18(23)2)28-24(30)17-27-25(31)26-16-19-7-5-4-6-8-19/h4-15,29H,3,16-17H2,1-2H3,(H,28,30)(H2,26,27,31). The van der Waals surface area contributed by atoms with Crippen LogP contribution < -0.4 is 25.4 Å². The van der Waals surface area contributed by atoms with Crippen molar-refractivity contribution in [3.63, 3.8) is 0 Å². The van der Waals surface area contributed by atoms with E-state index in [4.69, 9.17) is 4.74 Å². The largest absolute Gasteiger partial charge is 0.494 e. The summed E-state index contributed by atoms with van der Waals surface area (Å²) in [4.78, 5) is 24.2. The molecule has 0 saturated carbocycles. The van der Waals surface area contributed by atoms with Gasteiger partial charge in [0.05, 0.1) is 18.0 Å². The first kappa shape index (κ1) is 25.6. The van der Waals surface area contributed by atoms with Crippen LogP contribution >= 0.6 is 0 Å². The Bertz CT molecular complexity index is 1260. The minimum Gasteiger partial charge on any atom is -0.494 e. The normalized spacial score (nSPS) is 10.8. The van der Waals surface area contributed by atoms with Crippen molar-refractivity contribution in [3.05, 3.63) is 83.9 Å². The molecular weight excluding hydrogens is 468 g/mol. The Hall–Kier alpha value is -4.05. The summed E-state index contributed by atoms with van der Waals surface area (Å²) in [7, 11) is -3.91. The predicted octanol–water partition coefficient (Wildman–Crippen LogP) is 3.63. The molecule has 0 unspecified atom stereocenters. The van der Waals surface area contributed by atoms with Gasteiger partial charge >= 0.3 is 6.03 Å². The first-order valence-corrected chi connectivity index (χ1v) is 12.5. The van der Waals surface area contributed by atoms with E-state index >= 15 is 0 Å². The quantitative estimate of drug-likeness (QED) is 0.341. The molecule has 184 valence electrons. The van der Waals surface area contributed by atoms with Gasteiger partial charge in [0.25, 0.3) is 10.0 Å². The van der Waals surface area contributed by atoms with Crippen LogP contribution in [0, 0.1) is 6.92 Å². The first-order valence-electron chi connectivity index (χ1n) is 11.0. The van der Waals surface area contributed by atoms with Gasteiger partial charge in [0, 0.05) is 17.9 Å². The van der Waals surface area contributed by atoms with E-state index in [1.807, 2.05) is 37.3 Å². The fourth-order valence-electron chi connectivity index (χ4n) is 3.17. The van der Waals surface area contributed by atoms with Crippen LogP contribution in [0.15, 0.2) is 77.7 Å². The minimum atomic E-state index is -3.91. The summed E-state index contributed by atoms with van der Waals surface area (Å²) >= 11 is 0. The summed E-state index contributed by atoms with van der Waals surface area (Å²) in [6, 6.07) is 20.0. The van der Waals surface area contributed by atoms with Gasteiger partial charge in [0.15, 0.2) is 0 Å². The van der Waals surface area contributed by atoms with Crippen LogP contribution in [0.25, 0.3) is 0 Å². The van der Waals surface area contributed by atoms with E-state index in [9.17, 15) is 18.0 Å². The predicted molar refractivity (Wildman–Crippen MR) is 135 cm³/mol. The monoisotopic (exact) mass is 496 g/mol. The number of carbonyl (C=O) groups excluding carboxylic acids is 2. The van der Waals surface area contributed by atoms with Crippen molar-refractivity contribution in [2.24, 2.45) is 0 Å². The minimum absolute atomic E-state index is 0.0257. The average molecular weight is 497 g/mol. The molecule has 0 spiro atoms. The molecule has 3 rings (SSSR count). The van der Waals surface area contributed by atoms with Crippen molar-refractivity contribution >= 4 is 33.3 Å². The molecule has 35 heavy (non-hydrogen) atoms. The van der Waals surface area contributed by atoms with Crippen molar-refractivity contribution in [1.29, 1.82) is 0 Å². The topological polar surface area (TPSA) is 126 Å². The molecule has 3 aromatic rings. The molecule has 0 saturated heterocycles. The molecule has 0 fully saturated rings. The second-order valence-electron chi connectivity index (χ2n) is 7.61. The van der Waals surface area contributed by atoms with Crippen LogP contribution in [-0.2, 0) is 21.4 Å². The third kappa shape index (κ3) is 7.75. The van der Waals surface area contributed by atoms with Gasteiger partial charge in [-0.15, -0.1) is 0 Å². The van der Waals surface area contributed by atoms with Crippen molar-refractivity contribution in [1.82, 2.24) is 10.6 Å². The van der Waals surface area contributed by atoms with Crippen molar-refractivity contribution in [2.75, 3.05) is 23.2 Å². The van der Waals surface area contributed by atoms with E-state index in [1.165, 1.54) is 6.07 Å². The molecule has 0 aliphatic carbocycles. The van der Waals surface area contributed by atoms with E-state index < -0.39 is 22.0 Å². The van der Waals surface area contributed by atoms with Gasteiger partial charge < -0.3 is 20.7 Å². The molecular formula is C25H28N4O5S. The van der Waals surface area contributed by atoms with Crippen LogP contribution in [0.3, 0.4) is 0 Å². The number of urea groups is 1. The molecule has 3 amide bonds. The Morgan fingerprint density at radius 3 is 2.26 bits per heavy atom. The molecule has 10 heteroatoms. The number of rotatable bonds is 10. The molecule has 0 heterocycles. The Balaban J connectivity index is 1.57. The maximum Gasteiger partial charge on any atom is 0.315 e. The van der Waals surface area contributed by atoms with E-state index in [2.05, 4.69) is 20.7 Å². The highest BCUT2D eigenvalue weighted by Crippen LogP contribution is 2.24. The van der Waals surface area contributed by atoms with E-state index in [0.29, 0.717) is 35.8 Å². The van der Waals surface area contributed by atoms with Crippen molar-refractivity contribution < 1.29 is 22.7 Å². The number of carbonyl (C=O) groups is 2. The molecule has 0 bridgehead atoms. The molecule has 0 atom stereocenters. The third-order valence-electron chi connectivity index (χ3n) is 4.88. The van der Waals surface area contributed by atoms with Crippen molar-refractivity contribution in [2.45, 2.75) is 25.3 Å². The van der Waals surface area contributed by atoms with Gasteiger partial charge in [0.1, 0.15) is 5.75 Å². The first-order chi connectivity index (χ1) is 16.8. The van der Waals surface area contributed by atoms with Gasteiger partial charge in [-0.3, -0.25) is 9.52 Å². The summed E-state index contributed by atoms with van der Waals surface area (Å²) in [5, 5.41) is 7.74. The molecule has 0 aliphatic heterocycles. The number of sulfonamides is 1. The molecule has 0 aromatic heterocycles. The average Bonchev–Trinajstić information content (AvgIpc) is 2.84. The van der Waals surface area contributed by atoms with Gasteiger partial charge in [-0.05, 0) is 61.4 Å². The lowest BCUT2D eigenvalue weighted by Crippen LogP contribution is -2.39. The van der Waals surface area contributed by atoms with Crippen LogP contribution in [0.5, 0.6) is 5.75 Å². The third-order valence-corrected chi connectivity index (χ3v) is 6.41. The molecule has 9 nitrogen and oxygen atoms in total. The van der Waals surface area contributed by atoms with E-state index in [0.717, 1.165) is 5.56 Å². The lowest BCUT2D eigenvalue weighted by atomic mass is 10.2. The Morgan fingerprint density at radius 1 is 0.886 bits per heavy atom. The van der Waals surface area contributed by atoms with E-state index in [1.54, 1.807) is 43.3 Å². The van der Waals surface area contributed by atoms with Gasteiger partial charge in [-0.2, -0.15) is 0 Å². The molecule has 0 radical (unpaired) electrons. The Morgan fingerprint density at radius 2 is 1.57 bits per heavy atom. The number of aryl methyl sites for hydroxylation is 1. The van der Waals surface area contributed by atoms with Crippen LogP contribution in [0.4, 0.5) is 16.2 Å². The fourth-order valence-corrected chi connectivity index (χ4v) is 4.50. The van der Waals surface area contributed by atoms with Gasteiger partial charge in [0.2, 0.25) is 5.91 Å². The number of benzene rings is 3. The zero-order chi connectivity index (χ0) is 25.3. The number of nitrogens with one attached hydrogen (secondary N) is 4. The molecule has 0 aliphatic rings. The number of anilines is 2. The summed E-state index contributed by atoms with van der Waals surface area (Å²) < 4.78 is 33.8. The van der Waals surface area contributed by atoms with Gasteiger partial charge in [-0.1, -0.05) is 36.4 Å². The summed E-state index contributed by atoms with van der Waals surface area (Å²) in [5.41, 5.74) is 2.12. The number of hydrogen-bond acceptors (Lipinski definition) is 5. The maximum absolute atomic E-state index is 13.0. The number of ether oxygens (including phenoxy) is 1. The molecule has 4 N–H and O–H groups in total. The van der Waals surface area contributed by atoms with Crippen LogP contribution in [0.2, 0.25) is 0 Å². The van der Waals surface area contributed by atoms with Crippen LogP contribution in [-0.4, -0.2) is 33.5 Å². The Kier molecular flexibility index (Phi) is 8.69. The highest BCUT2D eigenvalue weighted by Gasteiger charge is 2.18. The van der Waals surface area contributed by atoms with Gasteiger partial charge in [-0.25, -0.2) is 13.2 Å². The highest BCUT2D eigenvalue weighted by atomic mass is 32.2. The fraction of sp³-hybridized carbons (Fsp3) is 0.200. The zero-order valence-electron chi connectivity index (χ0n) is 19.5. The summed E-state index contributed by atoms with van der Waals surface area (Å²) in [6.07, 6.45) is 0. The molecule has 3 aromatic carbocycles. The zero-order valence-corrected chi connectivity index (χ0v) is 20.3. The lowest BCUT2D eigenvalue weighted by Gasteiger charge is -2.13. The second kappa shape index (κ2) is 11.9. The summed E-state index contributed by atoms with van der Waals surface area (Å²) in [6.45, 7) is 4.09. The summed E-state index contributed by atoms with van der Waals surface area (Å²) in [5.74, 6) is 0.144. The number of amides is 3. The maximum atomic E-state index is 13.0. The lowest BCUT2D eigenvalue weighted by molar-refractivity contribution is -0.115. The van der Waals surface area contributed by atoms with E-state index in [-0.39, 0.29) is 11.4 Å². The SMILES string of the molecule is CCOc1ccc(NS(=O)(=O)c2cc(NC(=O)CNC(=O)NCc3ccccc3)ccc2C)cc1. The number of hydrogen-bond donors (Lipinski definition) is 4. The smallest absolute Gasteiger partial charge is 0.315 e. The second-order valence-corrected chi connectivity index (χ2v) is 9.26.